The SMILES string of the molecule is O=C(On1c(O)ccc1O)N1CCN(Cc2cccc(F)c2N2CCOCC2)CC1. The van der Waals surface area contributed by atoms with E-state index < -0.39 is 6.09 Å². The highest BCUT2D eigenvalue weighted by Gasteiger charge is 2.26. The van der Waals surface area contributed by atoms with E-state index in [9.17, 15) is 19.4 Å². The van der Waals surface area contributed by atoms with Gasteiger partial charge in [-0.2, -0.15) is 0 Å². The number of ether oxygens (including phenoxy) is 1. The van der Waals surface area contributed by atoms with Crippen LogP contribution in [0.5, 0.6) is 11.8 Å². The predicted octanol–water partition coefficient (Wildman–Crippen LogP) is 1.24. The largest absolute Gasteiger partial charge is 0.492 e. The quantitative estimate of drug-likeness (QED) is 0.769. The van der Waals surface area contributed by atoms with Crippen LogP contribution in [0.1, 0.15) is 5.56 Å². The number of aromatic nitrogens is 1. The first-order valence-electron chi connectivity index (χ1n) is 9.92. The van der Waals surface area contributed by atoms with Gasteiger partial charge in [0.25, 0.3) is 0 Å². The Hall–Kier alpha value is -2.98. The molecule has 1 aromatic heterocycles. The van der Waals surface area contributed by atoms with E-state index >= 15 is 0 Å². The molecule has 30 heavy (non-hydrogen) atoms. The minimum absolute atomic E-state index is 0.233. The lowest BCUT2D eigenvalue weighted by Gasteiger charge is -2.35. The molecule has 0 unspecified atom stereocenters. The summed E-state index contributed by atoms with van der Waals surface area (Å²) in [6.45, 7) is 5.09. The molecule has 2 aliphatic heterocycles. The molecule has 10 heteroatoms. The number of nitrogens with zero attached hydrogens (tertiary/aromatic N) is 4. The number of carbonyl (C=O) groups excluding carboxylic acids is 1. The minimum atomic E-state index is -0.656. The Labute approximate surface area is 173 Å². The van der Waals surface area contributed by atoms with Crippen LogP contribution in [0.4, 0.5) is 14.9 Å². The summed E-state index contributed by atoms with van der Waals surface area (Å²) < 4.78 is 20.6. The fourth-order valence-corrected chi connectivity index (χ4v) is 3.79. The van der Waals surface area contributed by atoms with Crippen LogP contribution in [-0.4, -0.2) is 83.3 Å². The zero-order valence-corrected chi connectivity index (χ0v) is 16.5. The van der Waals surface area contributed by atoms with E-state index in [1.165, 1.54) is 23.1 Å². The van der Waals surface area contributed by atoms with Crippen LogP contribution < -0.4 is 9.74 Å². The average molecular weight is 420 g/mol. The highest BCUT2D eigenvalue weighted by atomic mass is 19.1. The number of hydrogen-bond donors (Lipinski definition) is 2. The molecule has 0 saturated carbocycles. The second-order valence-corrected chi connectivity index (χ2v) is 7.31. The summed E-state index contributed by atoms with van der Waals surface area (Å²) in [6, 6.07) is 7.59. The monoisotopic (exact) mass is 420 g/mol. The molecule has 2 N–H and O–H groups in total. The number of halogens is 1. The molecule has 2 aliphatic rings. The molecule has 0 atom stereocenters. The number of hydrogen-bond acceptors (Lipinski definition) is 7. The molecule has 0 bridgehead atoms. The van der Waals surface area contributed by atoms with Crippen molar-refractivity contribution in [2.24, 2.45) is 0 Å². The second-order valence-electron chi connectivity index (χ2n) is 7.31. The molecule has 0 radical (unpaired) electrons. The first kappa shape index (κ1) is 20.3. The van der Waals surface area contributed by atoms with E-state index in [0.717, 1.165) is 5.56 Å². The standard InChI is InChI=1S/C20H25FN4O5/c21-16-3-1-2-15(19(16)23-10-12-29-13-11-23)14-22-6-8-24(9-7-22)20(28)30-25-17(26)4-5-18(25)27/h1-5,26-27H,6-14H2. The highest BCUT2D eigenvalue weighted by Crippen LogP contribution is 2.27. The number of aromatic hydroxyl groups is 2. The third-order valence-corrected chi connectivity index (χ3v) is 5.39. The molecule has 0 spiro atoms. The van der Waals surface area contributed by atoms with Crippen molar-refractivity contribution >= 4 is 11.8 Å². The van der Waals surface area contributed by atoms with Gasteiger partial charge in [-0.25, -0.2) is 9.18 Å². The van der Waals surface area contributed by atoms with Gasteiger partial charge < -0.3 is 29.6 Å². The number of carbonyl (C=O) groups is 1. The van der Waals surface area contributed by atoms with Crippen molar-refractivity contribution in [2.75, 3.05) is 57.4 Å². The first-order valence-corrected chi connectivity index (χ1v) is 9.92. The van der Waals surface area contributed by atoms with E-state index in [-0.39, 0.29) is 17.6 Å². The number of piperazine rings is 1. The van der Waals surface area contributed by atoms with Crippen molar-refractivity contribution in [3.05, 3.63) is 41.7 Å². The van der Waals surface area contributed by atoms with Crippen LogP contribution in [0, 0.1) is 5.82 Å². The number of morpholine rings is 1. The lowest BCUT2D eigenvalue weighted by Crippen LogP contribution is -2.50. The van der Waals surface area contributed by atoms with Gasteiger partial charge >= 0.3 is 6.09 Å². The number of para-hydroxylation sites is 1. The van der Waals surface area contributed by atoms with Gasteiger partial charge in [0.15, 0.2) is 0 Å². The van der Waals surface area contributed by atoms with Gasteiger partial charge in [-0.1, -0.05) is 12.1 Å². The molecular weight excluding hydrogens is 395 g/mol. The highest BCUT2D eigenvalue weighted by molar-refractivity contribution is 5.68. The topological polar surface area (TPSA) is 90.6 Å². The summed E-state index contributed by atoms with van der Waals surface area (Å²) in [5, 5.41) is 19.2. The van der Waals surface area contributed by atoms with Crippen LogP contribution in [0.25, 0.3) is 0 Å². The smallest absolute Gasteiger partial charge is 0.434 e. The normalized spacial score (nSPS) is 17.9. The van der Waals surface area contributed by atoms with Crippen LogP contribution in [0.2, 0.25) is 0 Å². The van der Waals surface area contributed by atoms with Crippen molar-refractivity contribution in [1.82, 2.24) is 14.5 Å². The Morgan fingerprint density at radius 1 is 1.00 bits per heavy atom. The van der Waals surface area contributed by atoms with Crippen molar-refractivity contribution in [3.63, 3.8) is 0 Å². The van der Waals surface area contributed by atoms with Crippen molar-refractivity contribution in [1.29, 1.82) is 0 Å². The summed E-state index contributed by atoms with van der Waals surface area (Å²) in [6.07, 6.45) is -0.656. The van der Waals surface area contributed by atoms with E-state index in [1.807, 2.05) is 11.0 Å². The number of benzene rings is 1. The zero-order valence-electron chi connectivity index (χ0n) is 16.5. The van der Waals surface area contributed by atoms with Crippen LogP contribution >= 0.6 is 0 Å². The molecule has 0 aliphatic carbocycles. The zero-order chi connectivity index (χ0) is 21.1. The molecule has 2 saturated heterocycles. The Bertz CT molecular complexity index is 872. The minimum Gasteiger partial charge on any atom is -0.492 e. The Kier molecular flexibility index (Phi) is 5.96. The summed E-state index contributed by atoms with van der Waals surface area (Å²) in [7, 11) is 0. The van der Waals surface area contributed by atoms with Gasteiger partial charge in [0, 0.05) is 57.9 Å². The lowest BCUT2D eigenvalue weighted by atomic mass is 10.1. The van der Waals surface area contributed by atoms with Gasteiger partial charge in [0.2, 0.25) is 11.8 Å². The molecule has 1 amide bonds. The molecule has 2 fully saturated rings. The van der Waals surface area contributed by atoms with E-state index in [1.54, 1.807) is 6.07 Å². The molecule has 2 aromatic rings. The summed E-state index contributed by atoms with van der Waals surface area (Å²) >= 11 is 0. The van der Waals surface area contributed by atoms with Crippen LogP contribution in [0.15, 0.2) is 30.3 Å². The number of rotatable bonds is 4. The molecule has 4 rings (SSSR count). The van der Waals surface area contributed by atoms with Gasteiger partial charge in [0.05, 0.1) is 18.9 Å². The molecule has 9 nitrogen and oxygen atoms in total. The van der Waals surface area contributed by atoms with Crippen molar-refractivity contribution < 1.29 is 29.0 Å². The third-order valence-electron chi connectivity index (χ3n) is 5.39. The van der Waals surface area contributed by atoms with Crippen molar-refractivity contribution in [3.8, 4) is 11.8 Å². The van der Waals surface area contributed by atoms with E-state index in [2.05, 4.69) is 4.90 Å². The maximum atomic E-state index is 14.6. The Morgan fingerprint density at radius 2 is 1.67 bits per heavy atom. The van der Waals surface area contributed by atoms with Gasteiger partial charge in [-0.05, 0) is 11.6 Å². The fraction of sp³-hybridized carbons (Fsp3) is 0.450. The van der Waals surface area contributed by atoms with E-state index in [4.69, 9.17) is 9.57 Å². The van der Waals surface area contributed by atoms with Crippen LogP contribution in [0.3, 0.4) is 0 Å². The Balaban J connectivity index is 1.36. The Morgan fingerprint density at radius 3 is 2.33 bits per heavy atom. The summed E-state index contributed by atoms with van der Waals surface area (Å²) in [4.78, 5) is 23.0. The maximum Gasteiger partial charge on any atom is 0.434 e. The summed E-state index contributed by atoms with van der Waals surface area (Å²) in [5.74, 6) is -0.953. The van der Waals surface area contributed by atoms with Gasteiger partial charge in [-0.3, -0.25) is 4.90 Å². The number of anilines is 1. The molecule has 3 heterocycles. The van der Waals surface area contributed by atoms with Gasteiger partial charge in [-0.15, -0.1) is 4.73 Å². The van der Waals surface area contributed by atoms with Crippen LogP contribution in [-0.2, 0) is 11.3 Å². The second kappa shape index (κ2) is 8.80. The molecule has 162 valence electrons. The molecule has 1 aromatic carbocycles. The summed E-state index contributed by atoms with van der Waals surface area (Å²) in [5.41, 5.74) is 1.54. The van der Waals surface area contributed by atoms with Gasteiger partial charge in [0.1, 0.15) is 5.82 Å². The maximum absolute atomic E-state index is 14.6. The molecular formula is C20H25FN4O5. The fourth-order valence-electron chi connectivity index (χ4n) is 3.79. The number of amides is 1. The van der Waals surface area contributed by atoms with Crippen molar-refractivity contribution in [2.45, 2.75) is 6.54 Å². The average Bonchev–Trinajstić information content (AvgIpc) is 3.07. The predicted molar refractivity (Wildman–Crippen MR) is 106 cm³/mol. The lowest BCUT2D eigenvalue weighted by molar-refractivity contribution is 0.0555. The third kappa shape index (κ3) is 4.29. The van der Waals surface area contributed by atoms with E-state index in [0.29, 0.717) is 69.4 Å². The first-order chi connectivity index (χ1) is 14.5.